The molecule has 0 aliphatic carbocycles. The number of amides is 1. The Morgan fingerprint density at radius 3 is 2.79 bits per heavy atom. The molecule has 6 nitrogen and oxygen atoms in total. The van der Waals surface area contributed by atoms with Gasteiger partial charge in [-0.2, -0.15) is 5.10 Å². The topological polar surface area (TPSA) is 84.2 Å². The maximum atomic E-state index is 11.3. The Bertz CT molecular complexity index is 374. The number of aliphatic carboxylic acids is 1. The van der Waals surface area contributed by atoms with Gasteiger partial charge in [0.05, 0.1) is 11.8 Å². The number of aromatic nitrogens is 2. The molecular weight excluding hydrogens is 254 g/mol. The van der Waals surface area contributed by atoms with Crippen molar-refractivity contribution in [3.63, 3.8) is 0 Å². The molecule has 0 radical (unpaired) electrons. The van der Waals surface area contributed by atoms with E-state index in [1.807, 2.05) is 0 Å². The molecule has 1 rings (SSSR count). The van der Waals surface area contributed by atoms with Crippen LogP contribution in [0.25, 0.3) is 0 Å². The van der Waals surface area contributed by atoms with Crippen molar-refractivity contribution in [2.24, 2.45) is 7.05 Å². The van der Waals surface area contributed by atoms with Crippen LogP contribution in [0.1, 0.15) is 10.4 Å². The monoisotopic (exact) mass is 261 g/mol. The zero-order valence-electron chi connectivity index (χ0n) is 7.32. The second-order valence-corrected chi connectivity index (χ2v) is 3.30. The quantitative estimate of drug-likeness (QED) is 0.802. The van der Waals surface area contributed by atoms with Crippen molar-refractivity contribution in [3.05, 3.63) is 16.4 Å². The van der Waals surface area contributed by atoms with E-state index in [9.17, 15) is 9.59 Å². The van der Waals surface area contributed by atoms with Gasteiger partial charge < -0.3 is 10.4 Å². The van der Waals surface area contributed by atoms with Gasteiger partial charge in [-0.25, -0.2) is 0 Å². The van der Waals surface area contributed by atoms with Crippen molar-refractivity contribution < 1.29 is 14.7 Å². The second kappa shape index (κ2) is 4.23. The molecular formula is C7H8BrN3O3. The van der Waals surface area contributed by atoms with E-state index < -0.39 is 18.4 Å². The van der Waals surface area contributed by atoms with Crippen molar-refractivity contribution in [1.82, 2.24) is 15.1 Å². The first-order valence-corrected chi connectivity index (χ1v) is 4.49. The number of halogens is 1. The van der Waals surface area contributed by atoms with Gasteiger partial charge in [-0.1, -0.05) is 0 Å². The van der Waals surface area contributed by atoms with Crippen molar-refractivity contribution in [3.8, 4) is 0 Å². The summed E-state index contributed by atoms with van der Waals surface area (Å²) in [6.45, 7) is -0.403. The van der Waals surface area contributed by atoms with Crippen molar-refractivity contribution in [2.45, 2.75) is 0 Å². The summed E-state index contributed by atoms with van der Waals surface area (Å²) < 4.78 is 1.98. The largest absolute Gasteiger partial charge is 0.480 e. The molecule has 0 fully saturated rings. The summed E-state index contributed by atoms with van der Waals surface area (Å²) in [5, 5.41) is 14.4. The van der Waals surface area contributed by atoms with Crippen LogP contribution in [0.3, 0.4) is 0 Å². The number of carbonyl (C=O) groups is 2. The zero-order valence-corrected chi connectivity index (χ0v) is 8.91. The van der Waals surface area contributed by atoms with Gasteiger partial charge in [-0.15, -0.1) is 0 Å². The fourth-order valence-corrected chi connectivity index (χ4v) is 1.20. The highest BCUT2D eigenvalue weighted by Gasteiger charge is 2.14. The third-order valence-corrected chi connectivity index (χ3v) is 2.45. The highest BCUT2D eigenvalue weighted by atomic mass is 79.9. The molecule has 0 aliphatic rings. The first-order chi connectivity index (χ1) is 6.52. The predicted molar refractivity (Wildman–Crippen MR) is 50.9 cm³/mol. The van der Waals surface area contributed by atoms with Crippen LogP contribution in [0.5, 0.6) is 0 Å². The van der Waals surface area contributed by atoms with Gasteiger partial charge in [0.1, 0.15) is 11.1 Å². The summed E-state index contributed by atoms with van der Waals surface area (Å²) in [7, 11) is 1.66. The number of hydrogen-bond donors (Lipinski definition) is 2. The number of aryl methyl sites for hydroxylation is 1. The molecule has 1 amide bonds. The first kappa shape index (κ1) is 10.7. The SMILES string of the molecule is Cn1ncc(C(=O)NCC(=O)O)c1Br. The van der Waals surface area contributed by atoms with Crippen LogP contribution >= 0.6 is 15.9 Å². The summed E-state index contributed by atoms with van der Waals surface area (Å²) in [5.41, 5.74) is 0.314. The Labute approximate surface area is 88.0 Å². The van der Waals surface area contributed by atoms with Gasteiger partial charge in [-0.05, 0) is 15.9 Å². The average Bonchev–Trinajstić information content (AvgIpc) is 2.44. The summed E-state index contributed by atoms with van der Waals surface area (Å²) in [6, 6.07) is 0. The number of carboxylic acids is 1. The third-order valence-electron chi connectivity index (χ3n) is 1.51. The molecule has 7 heteroatoms. The third kappa shape index (κ3) is 2.32. The maximum Gasteiger partial charge on any atom is 0.322 e. The van der Waals surface area contributed by atoms with Gasteiger partial charge in [0, 0.05) is 7.05 Å². The van der Waals surface area contributed by atoms with Crippen molar-refractivity contribution in [2.75, 3.05) is 6.54 Å². The highest BCUT2D eigenvalue weighted by Crippen LogP contribution is 2.14. The Morgan fingerprint density at radius 2 is 2.36 bits per heavy atom. The van der Waals surface area contributed by atoms with E-state index in [1.54, 1.807) is 7.05 Å². The number of nitrogens with one attached hydrogen (secondary N) is 1. The number of carbonyl (C=O) groups excluding carboxylic acids is 1. The number of carboxylic acid groups (broad SMARTS) is 1. The van der Waals surface area contributed by atoms with Crippen LogP contribution in [0.2, 0.25) is 0 Å². The van der Waals surface area contributed by atoms with Crippen molar-refractivity contribution in [1.29, 1.82) is 0 Å². The molecule has 0 aromatic carbocycles. The molecule has 0 saturated carbocycles. The van der Waals surface area contributed by atoms with Crippen LogP contribution in [-0.4, -0.2) is 33.3 Å². The lowest BCUT2D eigenvalue weighted by atomic mass is 10.3. The predicted octanol–water partition coefficient (Wildman–Crippen LogP) is -0.00300. The van der Waals surface area contributed by atoms with Crippen LogP contribution in [0, 0.1) is 0 Å². The van der Waals surface area contributed by atoms with Crippen LogP contribution < -0.4 is 5.32 Å². The first-order valence-electron chi connectivity index (χ1n) is 3.70. The number of rotatable bonds is 3. The maximum absolute atomic E-state index is 11.3. The average molecular weight is 262 g/mol. The normalized spacial score (nSPS) is 9.86. The minimum atomic E-state index is -1.08. The molecule has 0 atom stereocenters. The molecule has 14 heavy (non-hydrogen) atoms. The molecule has 0 saturated heterocycles. The van der Waals surface area contributed by atoms with E-state index in [0.717, 1.165) is 0 Å². The Hall–Kier alpha value is -1.37. The minimum Gasteiger partial charge on any atom is -0.480 e. The Balaban J connectivity index is 2.70. The second-order valence-electron chi connectivity index (χ2n) is 2.55. The molecule has 0 bridgehead atoms. The van der Waals surface area contributed by atoms with E-state index in [0.29, 0.717) is 10.2 Å². The molecule has 0 aliphatic heterocycles. The lowest BCUT2D eigenvalue weighted by Crippen LogP contribution is -2.29. The van der Waals surface area contributed by atoms with Gasteiger partial charge in [0.15, 0.2) is 0 Å². The standard InChI is InChI=1S/C7H8BrN3O3/c1-11-6(8)4(2-10-11)7(14)9-3-5(12)13/h2H,3H2,1H3,(H,9,14)(H,12,13). The van der Waals surface area contributed by atoms with Gasteiger partial charge in [0.25, 0.3) is 5.91 Å². The molecule has 1 aromatic rings. The zero-order chi connectivity index (χ0) is 10.7. The van der Waals surface area contributed by atoms with Gasteiger partial charge in [-0.3, -0.25) is 14.3 Å². The molecule has 0 unspecified atom stereocenters. The van der Waals surface area contributed by atoms with Crippen LogP contribution in [0.4, 0.5) is 0 Å². The molecule has 1 heterocycles. The summed E-state index contributed by atoms with van der Waals surface area (Å²) >= 11 is 3.15. The fourth-order valence-electron chi connectivity index (χ4n) is 0.826. The Kier molecular flexibility index (Phi) is 3.23. The number of hydrogen-bond acceptors (Lipinski definition) is 3. The van der Waals surface area contributed by atoms with Crippen LogP contribution in [0.15, 0.2) is 10.8 Å². The molecule has 76 valence electrons. The van der Waals surface area contributed by atoms with E-state index >= 15 is 0 Å². The van der Waals surface area contributed by atoms with Crippen molar-refractivity contribution >= 4 is 27.8 Å². The molecule has 1 aromatic heterocycles. The lowest BCUT2D eigenvalue weighted by Gasteiger charge is -1.99. The van der Waals surface area contributed by atoms with E-state index in [4.69, 9.17) is 5.11 Å². The summed E-state index contributed by atoms with van der Waals surface area (Å²) in [6.07, 6.45) is 1.36. The smallest absolute Gasteiger partial charge is 0.322 e. The summed E-state index contributed by atoms with van der Waals surface area (Å²) in [5.74, 6) is -1.55. The molecule has 2 N–H and O–H groups in total. The highest BCUT2D eigenvalue weighted by molar-refractivity contribution is 9.10. The fraction of sp³-hybridized carbons (Fsp3) is 0.286. The number of nitrogens with zero attached hydrogens (tertiary/aromatic N) is 2. The van der Waals surface area contributed by atoms with E-state index in [1.165, 1.54) is 10.9 Å². The van der Waals surface area contributed by atoms with Gasteiger partial charge >= 0.3 is 5.97 Å². The minimum absolute atomic E-state index is 0.314. The Morgan fingerprint density at radius 1 is 1.71 bits per heavy atom. The van der Waals surface area contributed by atoms with E-state index in [2.05, 4.69) is 26.3 Å². The van der Waals surface area contributed by atoms with E-state index in [-0.39, 0.29) is 0 Å². The lowest BCUT2D eigenvalue weighted by molar-refractivity contribution is -0.135. The van der Waals surface area contributed by atoms with Gasteiger partial charge in [0.2, 0.25) is 0 Å². The van der Waals surface area contributed by atoms with Crippen LogP contribution in [-0.2, 0) is 11.8 Å². The summed E-state index contributed by atoms with van der Waals surface area (Å²) in [4.78, 5) is 21.5. The molecule has 0 spiro atoms.